The maximum absolute atomic E-state index is 12.5. The van der Waals surface area contributed by atoms with E-state index in [0.29, 0.717) is 5.69 Å². The summed E-state index contributed by atoms with van der Waals surface area (Å²) < 4.78 is 25.1. The summed E-state index contributed by atoms with van der Waals surface area (Å²) in [4.78, 5) is 3.71. The molecule has 2 nitrogen and oxygen atoms in total. The highest BCUT2D eigenvalue weighted by Crippen LogP contribution is 2.30. The van der Waals surface area contributed by atoms with Crippen LogP contribution in [0.3, 0.4) is 0 Å². The van der Waals surface area contributed by atoms with Crippen LogP contribution in [0.15, 0.2) is 6.20 Å². The lowest BCUT2D eigenvalue weighted by atomic mass is 10.1. The maximum Gasteiger partial charge on any atom is 0.265 e. The summed E-state index contributed by atoms with van der Waals surface area (Å²) in [6.07, 6.45) is -1.85. The molecule has 1 rings (SSSR count). The highest BCUT2D eigenvalue weighted by molar-refractivity contribution is 6.32. The van der Waals surface area contributed by atoms with Gasteiger partial charge in [-0.3, -0.25) is 4.98 Å². The molecule has 0 atom stereocenters. The molecule has 1 aromatic heterocycles. The number of aromatic nitrogens is 1. The first kappa shape index (κ1) is 12.2. The highest BCUT2D eigenvalue weighted by atomic mass is 35.5. The van der Waals surface area contributed by atoms with Crippen molar-refractivity contribution >= 4 is 23.2 Å². The van der Waals surface area contributed by atoms with Gasteiger partial charge in [0.1, 0.15) is 0 Å². The first-order valence-corrected chi connectivity index (χ1v) is 4.90. The molecule has 0 aliphatic heterocycles. The van der Waals surface area contributed by atoms with Crippen LogP contribution < -0.4 is 0 Å². The predicted octanol–water partition coefficient (Wildman–Crippen LogP) is 3.48. The van der Waals surface area contributed by atoms with E-state index in [2.05, 4.69) is 4.98 Å². The highest BCUT2D eigenvalue weighted by Gasteiger charge is 2.18. The van der Waals surface area contributed by atoms with Crippen LogP contribution in [0.2, 0.25) is 5.02 Å². The van der Waals surface area contributed by atoms with E-state index < -0.39 is 6.43 Å². The van der Waals surface area contributed by atoms with Crippen LogP contribution in [-0.4, -0.2) is 4.98 Å². The first-order chi connectivity index (χ1) is 7.11. The zero-order chi connectivity index (χ0) is 11.4. The first-order valence-electron chi connectivity index (χ1n) is 3.99. The van der Waals surface area contributed by atoms with Crippen LogP contribution >= 0.6 is 23.2 Å². The lowest BCUT2D eigenvalue weighted by molar-refractivity contribution is 0.150. The number of halogens is 4. The van der Waals surface area contributed by atoms with Crippen molar-refractivity contribution in [1.82, 2.24) is 4.98 Å². The third-order valence-corrected chi connectivity index (χ3v) is 2.54. The van der Waals surface area contributed by atoms with Gasteiger partial charge in [0.15, 0.2) is 0 Å². The summed E-state index contributed by atoms with van der Waals surface area (Å²) in [7, 11) is 0. The van der Waals surface area contributed by atoms with Crippen LogP contribution in [-0.2, 0) is 12.3 Å². The van der Waals surface area contributed by atoms with Crippen molar-refractivity contribution in [2.24, 2.45) is 0 Å². The third-order valence-electron chi connectivity index (χ3n) is 1.84. The molecule has 6 heteroatoms. The van der Waals surface area contributed by atoms with Crippen LogP contribution in [0.5, 0.6) is 0 Å². The Bertz CT molecular complexity index is 402. The van der Waals surface area contributed by atoms with Crippen LogP contribution in [0, 0.1) is 11.3 Å². The molecule has 0 amide bonds. The van der Waals surface area contributed by atoms with Crippen LogP contribution in [0.1, 0.15) is 23.2 Å². The second kappa shape index (κ2) is 5.24. The Morgan fingerprint density at radius 2 is 2.20 bits per heavy atom. The fourth-order valence-corrected chi connectivity index (χ4v) is 1.69. The summed E-state index contributed by atoms with van der Waals surface area (Å²) >= 11 is 11.3. The molecule has 0 unspecified atom stereocenters. The van der Waals surface area contributed by atoms with Crippen LogP contribution in [0.25, 0.3) is 0 Å². The molecule has 0 saturated carbocycles. The third kappa shape index (κ3) is 2.55. The van der Waals surface area contributed by atoms with Gasteiger partial charge in [-0.1, -0.05) is 11.6 Å². The molecule has 0 aromatic carbocycles. The number of nitriles is 1. The number of nitrogens with zero attached hydrogens (tertiary/aromatic N) is 2. The minimum atomic E-state index is -2.69. The van der Waals surface area contributed by atoms with Gasteiger partial charge in [-0.2, -0.15) is 5.26 Å². The summed E-state index contributed by atoms with van der Waals surface area (Å²) in [5.41, 5.74) is 0.114. The molecule has 0 fully saturated rings. The molecule has 80 valence electrons. The molecule has 0 aliphatic rings. The number of hydrogen-bond acceptors (Lipinski definition) is 2. The molecule has 0 saturated heterocycles. The Balaban J connectivity index is 3.32. The number of pyridine rings is 1. The number of rotatable bonds is 3. The van der Waals surface area contributed by atoms with Gasteiger partial charge in [-0.15, -0.1) is 11.6 Å². The Morgan fingerprint density at radius 1 is 1.53 bits per heavy atom. The lowest BCUT2D eigenvalue weighted by Gasteiger charge is -2.09. The maximum atomic E-state index is 12.5. The van der Waals surface area contributed by atoms with E-state index in [9.17, 15) is 8.78 Å². The summed E-state index contributed by atoms with van der Waals surface area (Å²) in [6, 6.07) is 1.78. The van der Waals surface area contributed by atoms with E-state index in [1.165, 1.54) is 0 Å². The second-order valence-corrected chi connectivity index (χ2v) is 3.37. The van der Waals surface area contributed by atoms with E-state index >= 15 is 0 Å². The zero-order valence-electron chi connectivity index (χ0n) is 7.48. The molecule has 1 heterocycles. The standard InChI is InChI=1S/C9H6Cl2F2N2/c10-3-7-8(11)5(1-2-14)6(4-15-7)9(12)13/h4,9H,1,3H2. The van der Waals surface area contributed by atoms with Gasteiger partial charge in [0.2, 0.25) is 0 Å². The van der Waals surface area contributed by atoms with Gasteiger partial charge in [0.25, 0.3) is 6.43 Å². The van der Waals surface area contributed by atoms with E-state index in [1.807, 2.05) is 0 Å². The molecule has 0 spiro atoms. The lowest BCUT2D eigenvalue weighted by Crippen LogP contribution is -2.00. The quantitative estimate of drug-likeness (QED) is 0.771. The molecule has 0 N–H and O–H groups in total. The minimum absolute atomic E-state index is 0.0286. The fourth-order valence-electron chi connectivity index (χ4n) is 1.12. The molecule has 0 bridgehead atoms. The van der Waals surface area contributed by atoms with Crippen molar-refractivity contribution in [1.29, 1.82) is 5.26 Å². The smallest absolute Gasteiger partial charge is 0.258 e. The zero-order valence-corrected chi connectivity index (χ0v) is 8.99. The molecule has 15 heavy (non-hydrogen) atoms. The predicted molar refractivity (Wildman–Crippen MR) is 53.1 cm³/mol. The van der Waals surface area contributed by atoms with Gasteiger partial charge in [-0.25, -0.2) is 8.78 Å². The van der Waals surface area contributed by atoms with Crippen molar-refractivity contribution in [3.05, 3.63) is 28.0 Å². The Kier molecular flexibility index (Phi) is 4.25. The minimum Gasteiger partial charge on any atom is -0.258 e. The Hall–Kier alpha value is -0.920. The van der Waals surface area contributed by atoms with Gasteiger partial charge in [0, 0.05) is 11.8 Å². The summed E-state index contributed by atoms with van der Waals surface area (Å²) in [6.45, 7) is 0. The van der Waals surface area contributed by atoms with E-state index in [0.717, 1.165) is 6.20 Å². The molecule has 1 aromatic rings. The van der Waals surface area contributed by atoms with Gasteiger partial charge in [-0.05, 0) is 5.56 Å². The van der Waals surface area contributed by atoms with Crippen molar-refractivity contribution in [2.45, 2.75) is 18.7 Å². The normalized spacial score (nSPS) is 10.4. The SMILES string of the molecule is N#CCc1c(C(F)F)cnc(CCl)c1Cl. The van der Waals surface area contributed by atoms with Crippen molar-refractivity contribution in [3.63, 3.8) is 0 Å². The monoisotopic (exact) mass is 250 g/mol. The molecule has 0 radical (unpaired) electrons. The number of hydrogen-bond donors (Lipinski definition) is 0. The van der Waals surface area contributed by atoms with E-state index in [-0.39, 0.29) is 28.5 Å². The topological polar surface area (TPSA) is 36.7 Å². The molecule has 0 aliphatic carbocycles. The molecular weight excluding hydrogens is 245 g/mol. The van der Waals surface area contributed by atoms with Crippen molar-refractivity contribution < 1.29 is 8.78 Å². The average molecular weight is 251 g/mol. The second-order valence-electron chi connectivity index (χ2n) is 2.72. The van der Waals surface area contributed by atoms with Gasteiger partial charge < -0.3 is 0 Å². The van der Waals surface area contributed by atoms with Crippen molar-refractivity contribution in [3.8, 4) is 6.07 Å². The fraction of sp³-hybridized carbons (Fsp3) is 0.333. The molecular formula is C9H6Cl2F2N2. The van der Waals surface area contributed by atoms with Gasteiger partial charge >= 0.3 is 0 Å². The van der Waals surface area contributed by atoms with Gasteiger partial charge in [0.05, 0.1) is 29.1 Å². The van der Waals surface area contributed by atoms with Crippen molar-refractivity contribution in [2.75, 3.05) is 0 Å². The summed E-state index contributed by atoms with van der Waals surface area (Å²) in [5, 5.41) is 8.57. The Morgan fingerprint density at radius 3 is 2.67 bits per heavy atom. The van der Waals surface area contributed by atoms with Crippen LogP contribution in [0.4, 0.5) is 8.78 Å². The summed E-state index contributed by atoms with van der Waals surface area (Å²) in [5.74, 6) is 0.0286. The number of alkyl halides is 3. The largest absolute Gasteiger partial charge is 0.265 e. The van der Waals surface area contributed by atoms with E-state index in [4.69, 9.17) is 28.5 Å². The van der Waals surface area contributed by atoms with E-state index in [1.54, 1.807) is 6.07 Å². The Labute approximate surface area is 95.4 Å². The average Bonchev–Trinajstić information content (AvgIpc) is 2.20.